The predicted octanol–water partition coefficient (Wildman–Crippen LogP) is -6.58. The molecule has 0 bridgehead atoms. The summed E-state index contributed by atoms with van der Waals surface area (Å²) in [4.78, 5) is 8.44. The molecule has 8 heavy (non-hydrogen) atoms. The molecule has 0 rings (SSSR count). The molecule has 7 N–H and O–H groups in total. The molecular weight excluding hydrogens is 131 g/mol. The fourth-order valence-corrected chi connectivity index (χ4v) is 0. The molecule has 0 fully saturated rings. The van der Waals surface area contributed by atoms with Crippen molar-refractivity contribution < 1.29 is 61.0 Å². The van der Waals surface area contributed by atoms with Gasteiger partial charge in [0.05, 0.1) is 0 Å². The molecule has 0 atom stereocenters. The molecule has 48 valence electrons. The third kappa shape index (κ3) is 7250. The summed E-state index contributed by atoms with van der Waals surface area (Å²) in [5.41, 5.74) is 0. The molecule has 0 aromatic carbocycles. The van der Waals surface area contributed by atoms with Crippen molar-refractivity contribution in [2.45, 2.75) is 0 Å². The average molecular weight is 138 g/mol. The monoisotopic (exact) mass is 138 g/mol. The molecule has 0 aliphatic carbocycles. The van der Waals surface area contributed by atoms with Crippen LogP contribution in [0.5, 0.6) is 0 Å². The molecule has 0 spiro atoms. The quantitative estimate of drug-likeness (QED) is 0.330. The first kappa shape index (κ1) is 42.0. The smallest absolute Gasteiger partial charge is 0.565 e. The molecule has 0 heterocycles. The Bertz CT molecular complexity index is 31.5. The molecule has 0 unspecified atom stereocenters. The van der Waals surface area contributed by atoms with Crippen LogP contribution < -0.4 is 34.7 Å². The minimum atomic E-state index is -2.08. The second-order valence-electron chi connectivity index (χ2n) is 0.266. The topological polar surface area (TPSA) is 155 Å². The van der Waals surface area contributed by atoms with Crippen LogP contribution in [0.15, 0.2) is 0 Å². The maximum Gasteiger partial charge on any atom is 1.00 e. The van der Waals surface area contributed by atoms with Gasteiger partial charge in [0, 0.05) is 0 Å². The number of carbonyl (C=O) groups is 1. The van der Waals surface area contributed by atoms with Crippen molar-refractivity contribution in [3.63, 3.8) is 0 Å². The van der Waals surface area contributed by atoms with Crippen molar-refractivity contribution in [1.82, 2.24) is 0 Å². The fraction of sp³-hybridized carbons (Fsp3) is 0. The zero-order valence-electron chi connectivity index (χ0n) is 4.26. The molecule has 0 aliphatic heterocycles. The van der Waals surface area contributed by atoms with Crippen molar-refractivity contribution >= 4 is 6.16 Å². The van der Waals surface area contributed by atoms with Gasteiger partial charge in [-0.15, -0.1) is 0 Å². The first-order chi connectivity index (χ1) is 1.73. The van der Waals surface area contributed by atoms with E-state index in [1.807, 2.05) is 0 Å². The number of hydrogen-bond donors (Lipinski definition) is 1. The van der Waals surface area contributed by atoms with Crippen LogP contribution in [0.2, 0.25) is 0 Å². The molecule has 0 aromatic rings. The Morgan fingerprint density at radius 3 is 1.25 bits per heavy atom. The van der Waals surface area contributed by atoms with E-state index in [2.05, 4.69) is 0 Å². The van der Waals surface area contributed by atoms with Gasteiger partial charge in [0.1, 0.15) is 0 Å². The van der Waals surface area contributed by atoms with Gasteiger partial charge in [0.2, 0.25) is 6.16 Å². The third-order valence-corrected chi connectivity index (χ3v) is 0. The average Bonchev–Trinajstić information content (AvgIpc) is 0.811. The van der Waals surface area contributed by atoms with Crippen molar-refractivity contribution in [3.8, 4) is 0 Å². The van der Waals surface area contributed by atoms with E-state index in [1.165, 1.54) is 0 Å². The Morgan fingerprint density at radius 1 is 1.25 bits per heavy atom. The molecular formula is CH7NaO6. The van der Waals surface area contributed by atoms with Crippen molar-refractivity contribution in [1.29, 1.82) is 0 Å². The van der Waals surface area contributed by atoms with Crippen LogP contribution in [0.4, 0.5) is 4.79 Å². The summed E-state index contributed by atoms with van der Waals surface area (Å²) in [5.74, 6) is 0. The maximum atomic E-state index is 8.44. The minimum absolute atomic E-state index is 0. The summed E-state index contributed by atoms with van der Waals surface area (Å²) < 4.78 is 0. The summed E-state index contributed by atoms with van der Waals surface area (Å²) in [6, 6.07) is 0. The summed E-state index contributed by atoms with van der Waals surface area (Å²) in [5, 5.41) is 15.3. The predicted molar refractivity (Wildman–Crippen MR) is 18.9 cm³/mol. The summed E-state index contributed by atoms with van der Waals surface area (Å²) in [6.45, 7) is 0. The zero-order chi connectivity index (χ0) is 3.58. The molecule has 7 heteroatoms. The second kappa shape index (κ2) is 27.3. The van der Waals surface area contributed by atoms with Gasteiger partial charge in [-0.25, -0.2) is 0 Å². The summed E-state index contributed by atoms with van der Waals surface area (Å²) >= 11 is 0. The van der Waals surface area contributed by atoms with E-state index < -0.39 is 6.16 Å². The fourth-order valence-electron chi connectivity index (χ4n) is 0. The van der Waals surface area contributed by atoms with Crippen LogP contribution in [0.3, 0.4) is 0 Å². The van der Waals surface area contributed by atoms with E-state index in [0.29, 0.717) is 0 Å². The van der Waals surface area contributed by atoms with Gasteiger partial charge in [-0.05, 0) is 0 Å². The number of rotatable bonds is 0. The molecule has 0 radical (unpaired) electrons. The maximum absolute atomic E-state index is 8.44. The molecule has 0 saturated carbocycles. The van der Waals surface area contributed by atoms with Crippen molar-refractivity contribution in [2.24, 2.45) is 0 Å². The molecule has 6 nitrogen and oxygen atoms in total. The first-order valence-electron chi connectivity index (χ1n) is 0.632. The minimum Gasteiger partial charge on any atom is -0.565 e. The molecule has 0 aromatic heterocycles. The van der Waals surface area contributed by atoms with Gasteiger partial charge < -0.3 is 31.4 Å². The largest absolute Gasteiger partial charge is 1.00 e. The Labute approximate surface area is 67.3 Å². The van der Waals surface area contributed by atoms with E-state index in [-0.39, 0.29) is 46.0 Å². The van der Waals surface area contributed by atoms with Gasteiger partial charge in [-0.2, -0.15) is 0 Å². The molecule has 0 amide bonds. The third-order valence-electron chi connectivity index (χ3n) is 0. The molecule has 0 saturated heterocycles. The van der Waals surface area contributed by atoms with E-state index in [1.54, 1.807) is 0 Å². The van der Waals surface area contributed by atoms with Gasteiger partial charge >= 0.3 is 29.6 Å². The van der Waals surface area contributed by atoms with Crippen molar-refractivity contribution in [2.75, 3.05) is 0 Å². The second-order valence-corrected chi connectivity index (χ2v) is 0.266. The van der Waals surface area contributed by atoms with Crippen molar-refractivity contribution in [3.05, 3.63) is 0 Å². The normalized spacial score (nSPS) is 3.00. The Kier molecular flexibility index (Phi) is 143. The van der Waals surface area contributed by atoms with Gasteiger partial charge in [-0.1, -0.05) is 0 Å². The van der Waals surface area contributed by atoms with E-state index in [0.717, 1.165) is 0 Å². The zero-order valence-corrected chi connectivity index (χ0v) is 6.26. The van der Waals surface area contributed by atoms with Crippen LogP contribution in [0, 0.1) is 0 Å². The van der Waals surface area contributed by atoms with Crippen LogP contribution in [-0.2, 0) is 0 Å². The number of hydrogen-bond acceptors (Lipinski definition) is 2. The number of carboxylic acid groups (broad SMARTS) is 2. The van der Waals surface area contributed by atoms with Crippen LogP contribution in [0.1, 0.15) is 0 Å². The molecule has 0 aliphatic rings. The van der Waals surface area contributed by atoms with Gasteiger partial charge in [0.15, 0.2) is 0 Å². The van der Waals surface area contributed by atoms with E-state index in [4.69, 9.17) is 15.0 Å². The Balaban J connectivity index is -0.00000000750. The van der Waals surface area contributed by atoms with E-state index >= 15 is 0 Å². The summed E-state index contributed by atoms with van der Waals surface area (Å²) in [7, 11) is 0. The van der Waals surface area contributed by atoms with Gasteiger partial charge in [-0.3, -0.25) is 0 Å². The standard InChI is InChI=1S/CH2O3.Na.3H2O/c2-1(3)4;;;;/h(H2,2,3,4);;3*1H2/q;+1;;;/p-1. The Morgan fingerprint density at radius 2 is 1.25 bits per heavy atom. The Hall–Kier alpha value is 0.150. The van der Waals surface area contributed by atoms with E-state index in [9.17, 15) is 0 Å². The first-order valence-corrected chi connectivity index (χ1v) is 0.632. The van der Waals surface area contributed by atoms with Crippen LogP contribution in [0.25, 0.3) is 0 Å². The summed E-state index contributed by atoms with van der Waals surface area (Å²) in [6.07, 6.45) is -2.08. The SMILES string of the molecule is O.O.O.O=C([O-])O.[Na+]. The van der Waals surface area contributed by atoms with Crippen LogP contribution >= 0.6 is 0 Å². The van der Waals surface area contributed by atoms with Crippen LogP contribution in [-0.4, -0.2) is 27.7 Å². The van der Waals surface area contributed by atoms with Gasteiger partial charge in [0.25, 0.3) is 0 Å².